The van der Waals surface area contributed by atoms with Crippen LogP contribution in [0.4, 0.5) is 0 Å². The van der Waals surface area contributed by atoms with E-state index in [4.69, 9.17) is 4.74 Å². The van der Waals surface area contributed by atoms with Gasteiger partial charge in [-0.25, -0.2) is 0 Å². The minimum Gasteiger partial charge on any atom is -0.375 e. The van der Waals surface area contributed by atoms with Crippen molar-refractivity contribution in [3.8, 4) is 0 Å². The van der Waals surface area contributed by atoms with E-state index in [1.165, 1.54) is 32.1 Å². The molecule has 2 aliphatic rings. The molecule has 1 aliphatic heterocycles. The molecule has 1 heterocycles. The SMILES string of the molecule is CC1(C)CC(C2CCCC2)CO1. The molecule has 1 atom stereocenters. The molecule has 1 saturated carbocycles. The molecule has 1 nitrogen and oxygen atoms in total. The minimum absolute atomic E-state index is 0.174. The van der Waals surface area contributed by atoms with Crippen LogP contribution in [-0.2, 0) is 4.74 Å². The van der Waals surface area contributed by atoms with Crippen molar-refractivity contribution < 1.29 is 4.74 Å². The van der Waals surface area contributed by atoms with Crippen molar-refractivity contribution in [2.24, 2.45) is 11.8 Å². The summed E-state index contributed by atoms with van der Waals surface area (Å²) in [7, 11) is 0. The van der Waals surface area contributed by atoms with Gasteiger partial charge in [-0.2, -0.15) is 0 Å². The monoisotopic (exact) mass is 168 g/mol. The van der Waals surface area contributed by atoms with Crippen LogP contribution in [0, 0.1) is 11.8 Å². The van der Waals surface area contributed by atoms with Crippen LogP contribution in [0.1, 0.15) is 46.0 Å². The summed E-state index contributed by atoms with van der Waals surface area (Å²) in [5, 5.41) is 0. The molecule has 0 aromatic heterocycles. The van der Waals surface area contributed by atoms with Crippen LogP contribution in [0.2, 0.25) is 0 Å². The summed E-state index contributed by atoms with van der Waals surface area (Å²) in [6, 6.07) is 0. The first-order valence-electron chi connectivity index (χ1n) is 5.31. The van der Waals surface area contributed by atoms with Gasteiger partial charge in [0.2, 0.25) is 0 Å². The number of ether oxygens (including phenoxy) is 1. The maximum Gasteiger partial charge on any atom is 0.0630 e. The van der Waals surface area contributed by atoms with E-state index < -0.39 is 0 Å². The van der Waals surface area contributed by atoms with Crippen LogP contribution in [0.15, 0.2) is 0 Å². The highest BCUT2D eigenvalue weighted by Gasteiger charge is 2.37. The van der Waals surface area contributed by atoms with Gasteiger partial charge in [0.05, 0.1) is 12.2 Å². The third-order valence-electron chi connectivity index (χ3n) is 3.51. The Morgan fingerprint density at radius 2 is 1.75 bits per heavy atom. The fourth-order valence-corrected chi connectivity index (χ4v) is 2.81. The van der Waals surface area contributed by atoms with E-state index in [1.54, 1.807) is 0 Å². The quantitative estimate of drug-likeness (QED) is 0.585. The van der Waals surface area contributed by atoms with Gasteiger partial charge in [-0.3, -0.25) is 0 Å². The first kappa shape index (κ1) is 8.55. The van der Waals surface area contributed by atoms with Crippen molar-refractivity contribution >= 4 is 0 Å². The lowest BCUT2D eigenvalue weighted by Gasteiger charge is -2.18. The van der Waals surface area contributed by atoms with E-state index in [0.717, 1.165) is 18.4 Å². The van der Waals surface area contributed by atoms with Crippen LogP contribution >= 0.6 is 0 Å². The highest BCUT2D eigenvalue weighted by atomic mass is 16.5. The summed E-state index contributed by atoms with van der Waals surface area (Å²) in [5.41, 5.74) is 0.174. The number of hydrogen-bond acceptors (Lipinski definition) is 1. The molecule has 2 rings (SSSR count). The maximum atomic E-state index is 5.77. The molecule has 0 N–H and O–H groups in total. The van der Waals surface area contributed by atoms with Gasteiger partial charge >= 0.3 is 0 Å². The first-order valence-corrected chi connectivity index (χ1v) is 5.31. The van der Waals surface area contributed by atoms with E-state index in [-0.39, 0.29) is 5.60 Å². The fourth-order valence-electron chi connectivity index (χ4n) is 2.81. The summed E-state index contributed by atoms with van der Waals surface area (Å²) in [6.07, 6.45) is 7.13. The van der Waals surface area contributed by atoms with Crippen molar-refractivity contribution in [2.45, 2.75) is 51.6 Å². The highest BCUT2D eigenvalue weighted by molar-refractivity contribution is 4.86. The van der Waals surface area contributed by atoms with Crippen molar-refractivity contribution in [3.63, 3.8) is 0 Å². The van der Waals surface area contributed by atoms with Gasteiger partial charge in [-0.1, -0.05) is 25.7 Å². The molecule has 0 amide bonds. The van der Waals surface area contributed by atoms with E-state index >= 15 is 0 Å². The molecular formula is C11H20O. The predicted molar refractivity (Wildman–Crippen MR) is 50.1 cm³/mol. The Morgan fingerprint density at radius 1 is 1.08 bits per heavy atom. The lowest BCUT2D eigenvalue weighted by molar-refractivity contribution is 0.0339. The van der Waals surface area contributed by atoms with E-state index in [2.05, 4.69) is 13.8 Å². The Labute approximate surface area is 75.5 Å². The van der Waals surface area contributed by atoms with Crippen molar-refractivity contribution in [1.29, 1.82) is 0 Å². The number of rotatable bonds is 1. The zero-order valence-corrected chi connectivity index (χ0v) is 8.31. The van der Waals surface area contributed by atoms with Gasteiger partial charge in [-0.15, -0.1) is 0 Å². The normalized spacial score (nSPS) is 36.0. The standard InChI is InChI=1S/C11H20O/c1-11(2)7-10(8-12-11)9-5-3-4-6-9/h9-10H,3-8H2,1-2H3. The van der Waals surface area contributed by atoms with Crippen molar-refractivity contribution in [1.82, 2.24) is 0 Å². The zero-order chi connectivity index (χ0) is 8.60. The Balaban J connectivity index is 1.90. The summed E-state index contributed by atoms with van der Waals surface area (Å²) in [6.45, 7) is 5.47. The first-order chi connectivity index (χ1) is 5.67. The summed E-state index contributed by atoms with van der Waals surface area (Å²) < 4.78 is 5.77. The Bertz CT molecular complexity index is 156. The van der Waals surface area contributed by atoms with Crippen molar-refractivity contribution in [3.05, 3.63) is 0 Å². The molecule has 0 spiro atoms. The van der Waals surface area contributed by atoms with Gasteiger partial charge in [0.25, 0.3) is 0 Å². The molecule has 1 aliphatic carbocycles. The molecular weight excluding hydrogens is 148 g/mol. The molecule has 0 bridgehead atoms. The molecule has 2 fully saturated rings. The molecule has 0 aromatic carbocycles. The van der Waals surface area contributed by atoms with E-state index in [9.17, 15) is 0 Å². The van der Waals surface area contributed by atoms with Crippen LogP contribution in [0.5, 0.6) is 0 Å². The molecule has 1 heteroatoms. The van der Waals surface area contributed by atoms with Gasteiger partial charge < -0.3 is 4.74 Å². The van der Waals surface area contributed by atoms with Gasteiger partial charge in [-0.05, 0) is 32.1 Å². The summed E-state index contributed by atoms with van der Waals surface area (Å²) >= 11 is 0. The number of hydrogen-bond donors (Lipinski definition) is 0. The fraction of sp³-hybridized carbons (Fsp3) is 1.00. The van der Waals surface area contributed by atoms with Gasteiger partial charge in [0.15, 0.2) is 0 Å². The third kappa shape index (κ3) is 1.66. The lowest BCUT2D eigenvalue weighted by Crippen LogP contribution is -2.18. The Morgan fingerprint density at radius 3 is 2.25 bits per heavy atom. The summed E-state index contributed by atoms with van der Waals surface area (Å²) in [4.78, 5) is 0. The lowest BCUT2D eigenvalue weighted by atomic mass is 9.86. The molecule has 70 valence electrons. The summed E-state index contributed by atoms with van der Waals surface area (Å²) in [5.74, 6) is 1.87. The predicted octanol–water partition coefficient (Wildman–Crippen LogP) is 2.99. The molecule has 1 saturated heterocycles. The molecule has 0 aromatic rings. The van der Waals surface area contributed by atoms with Crippen LogP contribution < -0.4 is 0 Å². The van der Waals surface area contributed by atoms with Gasteiger partial charge in [0.1, 0.15) is 0 Å². The second-order valence-corrected chi connectivity index (χ2v) is 5.08. The average Bonchev–Trinajstić information content (AvgIpc) is 2.55. The second-order valence-electron chi connectivity index (χ2n) is 5.08. The third-order valence-corrected chi connectivity index (χ3v) is 3.51. The zero-order valence-electron chi connectivity index (χ0n) is 8.31. The van der Waals surface area contributed by atoms with Crippen LogP contribution in [0.3, 0.4) is 0 Å². The molecule has 12 heavy (non-hydrogen) atoms. The van der Waals surface area contributed by atoms with Gasteiger partial charge in [0, 0.05) is 0 Å². The largest absolute Gasteiger partial charge is 0.375 e. The second kappa shape index (κ2) is 3.02. The van der Waals surface area contributed by atoms with E-state index in [0.29, 0.717) is 0 Å². The van der Waals surface area contributed by atoms with Crippen LogP contribution in [0.25, 0.3) is 0 Å². The maximum absolute atomic E-state index is 5.77. The molecule has 1 unspecified atom stereocenters. The Kier molecular flexibility index (Phi) is 2.16. The smallest absolute Gasteiger partial charge is 0.0630 e. The molecule has 0 radical (unpaired) electrons. The average molecular weight is 168 g/mol. The minimum atomic E-state index is 0.174. The topological polar surface area (TPSA) is 9.23 Å². The highest BCUT2D eigenvalue weighted by Crippen LogP contribution is 2.40. The van der Waals surface area contributed by atoms with E-state index in [1.807, 2.05) is 0 Å². The van der Waals surface area contributed by atoms with Crippen LogP contribution in [-0.4, -0.2) is 12.2 Å². The van der Waals surface area contributed by atoms with Crippen molar-refractivity contribution in [2.75, 3.05) is 6.61 Å². The Hall–Kier alpha value is -0.0400.